The van der Waals surface area contributed by atoms with Gasteiger partial charge >= 0.3 is 5.97 Å². The third kappa shape index (κ3) is 5.26. The van der Waals surface area contributed by atoms with Crippen molar-refractivity contribution < 1.29 is 14.3 Å². The molecule has 0 spiro atoms. The summed E-state index contributed by atoms with van der Waals surface area (Å²) in [6.07, 6.45) is 2.97. The number of nitrogens with zero attached hydrogens (tertiary/aromatic N) is 1. The lowest BCUT2D eigenvalue weighted by Gasteiger charge is -2.38. The van der Waals surface area contributed by atoms with Crippen molar-refractivity contribution in [3.63, 3.8) is 0 Å². The van der Waals surface area contributed by atoms with Crippen LogP contribution >= 0.6 is 0 Å². The second kappa shape index (κ2) is 8.14. The van der Waals surface area contributed by atoms with Gasteiger partial charge in [-0.3, -0.25) is 9.69 Å². The van der Waals surface area contributed by atoms with Crippen LogP contribution in [-0.2, 0) is 14.3 Å². The molecule has 1 aliphatic heterocycles. The van der Waals surface area contributed by atoms with Gasteiger partial charge in [0.2, 0.25) is 0 Å². The van der Waals surface area contributed by atoms with E-state index < -0.39 is 5.41 Å². The van der Waals surface area contributed by atoms with E-state index in [1.165, 1.54) is 0 Å². The summed E-state index contributed by atoms with van der Waals surface area (Å²) in [4.78, 5) is 14.7. The van der Waals surface area contributed by atoms with E-state index in [4.69, 9.17) is 9.47 Å². The zero-order valence-corrected chi connectivity index (χ0v) is 14.5. The minimum Gasteiger partial charge on any atom is -0.465 e. The molecule has 1 aliphatic rings. The minimum absolute atomic E-state index is 0.0438. The summed E-state index contributed by atoms with van der Waals surface area (Å²) in [7, 11) is 0. The van der Waals surface area contributed by atoms with Gasteiger partial charge < -0.3 is 9.47 Å². The zero-order chi connectivity index (χ0) is 15.9. The zero-order valence-electron chi connectivity index (χ0n) is 14.5. The topological polar surface area (TPSA) is 38.8 Å². The first-order chi connectivity index (χ1) is 9.81. The number of hydrogen-bond acceptors (Lipinski definition) is 4. The highest BCUT2D eigenvalue weighted by Gasteiger charge is 2.43. The Hall–Kier alpha value is -0.610. The molecule has 0 aromatic rings. The Labute approximate surface area is 130 Å². The van der Waals surface area contributed by atoms with Crippen molar-refractivity contribution in [2.75, 3.05) is 39.5 Å². The van der Waals surface area contributed by atoms with E-state index in [1.54, 1.807) is 0 Å². The molecular formula is C17H33NO3. The minimum atomic E-state index is -0.439. The van der Waals surface area contributed by atoms with Crippen LogP contribution in [0, 0.1) is 10.8 Å². The fraction of sp³-hybridized carbons (Fsp3) is 0.941. The third-order valence-electron chi connectivity index (χ3n) is 5.29. The fourth-order valence-electron chi connectivity index (χ4n) is 2.33. The van der Waals surface area contributed by atoms with Crippen molar-refractivity contribution in [1.82, 2.24) is 4.90 Å². The molecule has 1 heterocycles. The van der Waals surface area contributed by atoms with E-state index in [1.807, 2.05) is 13.8 Å². The van der Waals surface area contributed by atoms with E-state index in [0.29, 0.717) is 6.61 Å². The van der Waals surface area contributed by atoms with Crippen LogP contribution < -0.4 is 0 Å². The maximum atomic E-state index is 12.3. The maximum absolute atomic E-state index is 12.3. The van der Waals surface area contributed by atoms with Crippen LogP contribution in [-0.4, -0.2) is 50.3 Å². The Bertz CT molecular complexity index is 320. The summed E-state index contributed by atoms with van der Waals surface area (Å²) in [5.41, 5.74) is -0.482. The van der Waals surface area contributed by atoms with Gasteiger partial charge in [0.25, 0.3) is 0 Å². The van der Waals surface area contributed by atoms with Gasteiger partial charge in [-0.15, -0.1) is 0 Å². The Morgan fingerprint density at radius 3 is 2.33 bits per heavy atom. The van der Waals surface area contributed by atoms with Crippen molar-refractivity contribution in [2.24, 2.45) is 10.8 Å². The molecule has 0 aromatic carbocycles. The molecule has 0 N–H and O–H groups in total. The Balaban J connectivity index is 2.21. The summed E-state index contributed by atoms with van der Waals surface area (Å²) in [5, 5.41) is 0. The smallest absolute Gasteiger partial charge is 0.312 e. The lowest BCUT2D eigenvalue weighted by molar-refractivity contribution is -0.161. The van der Waals surface area contributed by atoms with Crippen LogP contribution in [0.5, 0.6) is 0 Å². The molecule has 0 aliphatic carbocycles. The molecule has 124 valence electrons. The predicted octanol–water partition coefficient (Wildman–Crippen LogP) is 3.10. The first-order valence-corrected chi connectivity index (χ1v) is 8.28. The van der Waals surface area contributed by atoms with Gasteiger partial charge in [-0.1, -0.05) is 20.8 Å². The van der Waals surface area contributed by atoms with Gasteiger partial charge in [0.05, 0.1) is 25.2 Å². The van der Waals surface area contributed by atoms with E-state index >= 15 is 0 Å². The summed E-state index contributed by atoms with van der Waals surface area (Å²) < 4.78 is 10.8. The highest BCUT2D eigenvalue weighted by molar-refractivity contribution is 5.76. The average molecular weight is 299 g/mol. The molecule has 0 unspecified atom stereocenters. The molecule has 0 saturated carbocycles. The number of esters is 1. The molecule has 0 bridgehead atoms. The van der Waals surface area contributed by atoms with Crippen molar-refractivity contribution in [3.05, 3.63) is 0 Å². The van der Waals surface area contributed by atoms with Gasteiger partial charge in [-0.2, -0.15) is 0 Å². The summed E-state index contributed by atoms with van der Waals surface area (Å²) in [5.74, 6) is -0.0688. The largest absolute Gasteiger partial charge is 0.465 e. The number of carbonyl (C=O) groups is 1. The summed E-state index contributed by atoms with van der Waals surface area (Å²) in [6.45, 7) is 15.7. The van der Waals surface area contributed by atoms with Crippen LogP contribution in [0.3, 0.4) is 0 Å². The van der Waals surface area contributed by atoms with Gasteiger partial charge in [-0.25, -0.2) is 0 Å². The van der Waals surface area contributed by atoms with Crippen LogP contribution in [0.15, 0.2) is 0 Å². The van der Waals surface area contributed by atoms with E-state index in [0.717, 1.165) is 52.1 Å². The Morgan fingerprint density at radius 2 is 1.76 bits per heavy atom. The Morgan fingerprint density at radius 1 is 1.14 bits per heavy atom. The average Bonchev–Trinajstić information content (AvgIpc) is 2.47. The SMILES string of the molecule is CCC(C)(C)C(C)(C)C(=O)OCCCCN1CCOCC1. The van der Waals surface area contributed by atoms with Gasteiger partial charge in [0, 0.05) is 13.1 Å². The second-order valence-electron chi connectivity index (χ2n) is 7.16. The standard InChI is InChI=1S/C17H33NO3/c1-6-16(2,3)17(4,5)15(19)21-12-8-7-9-18-10-13-20-14-11-18/h6-14H2,1-5H3. The molecule has 0 atom stereocenters. The normalized spacial score (nSPS) is 17.8. The van der Waals surface area contributed by atoms with Crippen LogP contribution in [0.25, 0.3) is 0 Å². The van der Waals surface area contributed by atoms with Crippen LogP contribution in [0.4, 0.5) is 0 Å². The van der Waals surface area contributed by atoms with Gasteiger partial charge in [0.15, 0.2) is 0 Å². The maximum Gasteiger partial charge on any atom is 0.312 e. The molecule has 0 radical (unpaired) electrons. The number of unbranched alkanes of at least 4 members (excludes halogenated alkanes) is 1. The fourth-order valence-corrected chi connectivity index (χ4v) is 2.33. The molecule has 4 heteroatoms. The molecular weight excluding hydrogens is 266 g/mol. The monoisotopic (exact) mass is 299 g/mol. The first kappa shape index (κ1) is 18.4. The number of morpholine rings is 1. The molecule has 4 nitrogen and oxygen atoms in total. The van der Waals surface area contributed by atoms with Gasteiger partial charge in [-0.05, 0) is 45.1 Å². The molecule has 21 heavy (non-hydrogen) atoms. The number of rotatable bonds is 8. The molecule has 1 rings (SSSR count). The summed E-state index contributed by atoms with van der Waals surface area (Å²) >= 11 is 0. The number of hydrogen-bond donors (Lipinski definition) is 0. The van der Waals surface area contributed by atoms with Crippen LogP contribution in [0.2, 0.25) is 0 Å². The van der Waals surface area contributed by atoms with E-state index in [9.17, 15) is 4.79 Å². The van der Waals surface area contributed by atoms with Crippen molar-refractivity contribution in [2.45, 2.75) is 53.9 Å². The van der Waals surface area contributed by atoms with Crippen molar-refractivity contribution in [3.8, 4) is 0 Å². The number of carbonyl (C=O) groups excluding carboxylic acids is 1. The quantitative estimate of drug-likeness (QED) is 0.510. The third-order valence-corrected chi connectivity index (χ3v) is 5.29. The molecule has 1 fully saturated rings. The first-order valence-electron chi connectivity index (χ1n) is 8.28. The summed E-state index contributed by atoms with van der Waals surface area (Å²) in [6, 6.07) is 0. The van der Waals surface area contributed by atoms with Crippen molar-refractivity contribution in [1.29, 1.82) is 0 Å². The lowest BCUT2D eigenvalue weighted by Crippen LogP contribution is -2.40. The van der Waals surface area contributed by atoms with E-state index in [-0.39, 0.29) is 11.4 Å². The molecule has 0 aromatic heterocycles. The van der Waals surface area contributed by atoms with E-state index in [2.05, 4.69) is 25.7 Å². The van der Waals surface area contributed by atoms with Crippen LogP contribution in [0.1, 0.15) is 53.9 Å². The Kier molecular flexibility index (Phi) is 7.14. The lowest BCUT2D eigenvalue weighted by atomic mass is 9.66. The van der Waals surface area contributed by atoms with Crippen molar-refractivity contribution >= 4 is 5.97 Å². The highest BCUT2D eigenvalue weighted by atomic mass is 16.5. The molecule has 0 amide bonds. The highest BCUT2D eigenvalue weighted by Crippen LogP contribution is 2.42. The second-order valence-corrected chi connectivity index (χ2v) is 7.16. The predicted molar refractivity (Wildman–Crippen MR) is 85.3 cm³/mol. The molecule has 1 saturated heterocycles. The van der Waals surface area contributed by atoms with Gasteiger partial charge in [0.1, 0.15) is 0 Å². The number of ether oxygens (including phenoxy) is 2.